The molecule has 0 radical (unpaired) electrons. The van der Waals surface area contributed by atoms with E-state index in [1.807, 2.05) is 48.5 Å². The summed E-state index contributed by atoms with van der Waals surface area (Å²) < 4.78 is 5.42. The van der Waals surface area contributed by atoms with Crippen LogP contribution in [-0.4, -0.2) is 49.4 Å². The minimum absolute atomic E-state index is 0.00294. The van der Waals surface area contributed by atoms with Crippen molar-refractivity contribution in [3.05, 3.63) is 66.2 Å². The normalized spacial score (nSPS) is 16.3. The van der Waals surface area contributed by atoms with Crippen molar-refractivity contribution >= 4 is 17.7 Å². The van der Waals surface area contributed by atoms with Crippen LogP contribution < -0.4 is 5.32 Å². The number of nitrogens with one attached hydrogen (secondary N) is 1. The van der Waals surface area contributed by atoms with Gasteiger partial charge in [-0.25, -0.2) is 0 Å². The van der Waals surface area contributed by atoms with E-state index in [9.17, 15) is 4.79 Å². The first-order chi connectivity index (χ1) is 12.3. The number of morpholine rings is 1. The van der Waals surface area contributed by atoms with Gasteiger partial charge >= 0.3 is 0 Å². The molecule has 2 aromatic rings. The van der Waals surface area contributed by atoms with Gasteiger partial charge < -0.3 is 10.1 Å². The molecule has 0 bridgehead atoms. The fourth-order valence-electron chi connectivity index (χ4n) is 2.86. The molecule has 1 aliphatic rings. The maximum atomic E-state index is 12.5. The van der Waals surface area contributed by atoms with Gasteiger partial charge in [-0.1, -0.05) is 48.5 Å². The number of hydrogen-bond acceptors (Lipinski definition) is 4. The van der Waals surface area contributed by atoms with E-state index in [2.05, 4.69) is 22.3 Å². The molecule has 0 saturated carbocycles. The molecule has 5 heteroatoms. The van der Waals surface area contributed by atoms with E-state index in [4.69, 9.17) is 4.74 Å². The van der Waals surface area contributed by atoms with Crippen LogP contribution in [0, 0.1) is 0 Å². The van der Waals surface area contributed by atoms with E-state index in [-0.39, 0.29) is 11.9 Å². The summed E-state index contributed by atoms with van der Waals surface area (Å²) in [4.78, 5) is 15.9. The first kappa shape index (κ1) is 18.0. The number of nitrogens with zero attached hydrogens (tertiary/aromatic N) is 1. The fraction of sp³-hybridized carbons (Fsp3) is 0.350. The topological polar surface area (TPSA) is 41.6 Å². The highest BCUT2D eigenvalue weighted by atomic mass is 32.2. The van der Waals surface area contributed by atoms with E-state index >= 15 is 0 Å². The van der Waals surface area contributed by atoms with Crippen LogP contribution in [0.4, 0.5) is 0 Å². The lowest BCUT2D eigenvalue weighted by atomic mass is 10.1. The molecule has 1 fully saturated rings. The van der Waals surface area contributed by atoms with Crippen molar-refractivity contribution in [2.24, 2.45) is 0 Å². The van der Waals surface area contributed by atoms with E-state index in [0.29, 0.717) is 5.75 Å². The number of carbonyl (C=O) groups is 1. The second-order valence-corrected chi connectivity index (χ2v) is 7.09. The zero-order valence-corrected chi connectivity index (χ0v) is 15.1. The molecule has 0 unspecified atom stereocenters. The molecule has 0 aliphatic carbocycles. The van der Waals surface area contributed by atoms with Gasteiger partial charge in [0.15, 0.2) is 0 Å². The highest BCUT2D eigenvalue weighted by molar-refractivity contribution is 8.00. The van der Waals surface area contributed by atoms with Crippen LogP contribution in [0.2, 0.25) is 0 Å². The van der Waals surface area contributed by atoms with E-state index in [1.165, 1.54) is 0 Å². The third-order valence-corrected chi connectivity index (χ3v) is 5.21. The molecule has 1 atom stereocenters. The summed E-state index contributed by atoms with van der Waals surface area (Å²) in [6.07, 6.45) is 0. The average Bonchev–Trinajstić information content (AvgIpc) is 2.68. The van der Waals surface area contributed by atoms with Crippen LogP contribution in [0.25, 0.3) is 0 Å². The molecule has 2 aromatic carbocycles. The molecular weight excluding hydrogens is 332 g/mol. The van der Waals surface area contributed by atoms with Gasteiger partial charge in [-0.2, -0.15) is 0 Å². The Morgan fingerprint density at radius 3 is 2.36 bits per heavy atom. The lowest BCUT2D eigenvalue weighted by Gasteiger charge is -2.31. The number of thioether (sulfide) groups is 1. The lowest BCUT2D eigenvalue weighted by Crippen LogP contribution is -2.43. The summed E-state index contributed by atoms with van der Waals surface area (Å²) >= 11 is 1.57. The molecule has 1 amide bonds. The van der Waals surface area contributed by atoms with Gasteiger partial charge in [0.2, 0.25) is 5.91 Å². The van der Waals surface area contributed by atoms with Gasteiger partial charge in [-0.05, 0) is 17.7 Å². The fourth-order valence-corrected chi connectivity index (χ4v) is 3.59. The third kappa shape index (κ3) is 5.88. The SMILES string of the molecule is O=C(CSc1ccccc1)N[C@H](CN1CCOCC1)c1ccccc1. The Morgan fingerprint density at radius 1 is 1.04 bits per heavy atom. The third-order valence-electron chi connectivity index (χ3n) is 4.19. The number of hydrogen-bond donors (Lipinski definition) is 1. The highest BCUT2D eigenvalue weighted by Gasteiger charge is 2.20. The summed E-state index contributed by atoms with van der Waals surface area (Å²) in [6, 6.07) is 20.2. The Bertz CT molecular complexity index is 645. The predicted octanol–water partition coefficient (Wildman–Crippen LogP) is 2.97. The van der Waals surface area contributed by atoms with Gasteiger partial charge in [0.05, 0.1) is 25.0 Å². The molecule has 3 rings (SSSR count). The van der Waals surface area contributed by atoms with Gasteiger partial charge in [-0.3, -0.25) is 9.69 Å². The van der Waals surface area contributed by atoms with Crippen molar-refractivity contribution in [3.8, 4) is 0 Å². The highest BCUT2D eigenvalue weighted by Crippen LogP contribution is 2.19. The van der Waals surface area contributed by atoms with Gasteiger partial charge in [0.25, 0.3) is 0 Å². The summed E-state index contributed by atoms with van der Waals surface area (Å²) in [7, 11) is 0. The quantitative estimate of drug-likeness (QED) is 0.775. The van der Waals surface area contributed by atoms with Crippen molar-refractivity contribution in [2.45, 2.75) is 10.9 Å². The van der Waals surface area contributed by atoms with Crippen molar-refractivity contribution in [1.82, 2.24) is 10.2 Å². The van der Waals surface area contributed by atoms with Crippen molar-refractivity contribution < 1.29 is 9.53 Å². The van der Waals surface area contributed by atoms with Gasteiger partial charge in [0.1, 0.15) is 0 Å². The van der Waals surface area contributed by atoms with Crippen LogP contribution in [0.3, 0.4) is 0 Å². The van der Waals surface area contributed by atoms with Crippen LogP contribution >= 0.6 is 11.8 Å². The van der Waals surface area contributed by atoms with E-state index < -0.39 is 0 Å². The molecule has 1 N–H and O–H groups in total. The maximum absolute atomic E-state index is 12.5. The standard InChI is InChI=1S/C20H24N2O2S/c23-20(16-25-18-9-5-2-6-10-18)21-19(17-7-3-1-4-8-17)15-22-11-13-24-14-12-22/h1-10,19H,11-16H2,(H,21,23)/t19-/m1/s1. The minimum Gasteiger partial charge on any atom is -0.379 e. The molecule has 132 valence electrons. The Morgan fingerprint density at radius 2 is 1.68 bits per heavy atom. The number of ether oxygens (including phenoxy) is 1. The van der Waals surface area contributed by atoms with Crippen LogP contribution in [-0.2, 0) is 9.53 Å². The Kier molecular flexibility index (Phi) is 6.91. The summed E-state index contributed by atoms with van der Waals surface area (Å²) in [5, 5.41) is 3.21. The van der Waals surface area contributed by atoms with E-state index in [1.54, 1.807) is 11.8 Å². The molecule has 1 heterocycles. The Hall–Kier alpha value is -1.82. The molecular formula is C20H24N2O2S. The second-order valence-electron chi connectivity index (χ2n) is 6.05. The van der Waals surface area contributed by atoms with Crippen LogP contribution in [0.5, 0.6) is 0 Å². The molecule has 4 nitrogen and oxygen atoms in total. The Labute approximate surface area is 153 Å². The lowest BCUT2D eigenvalue weighted by molar-refractivity contribution is -0.119. The summed E-state index contributed by atoms with van der Waals surface area (Å²) in [5.74, 6) is 0.493. The summed E-state index contributed by atoms with van der Waals surface area (Å²) in [5.41, 5.74) is 1.15. The number of rotatable bonds is 7. The molecule has 1 aliphatic heterocycles. The average molecular weight is 356 g/mol. The van der Waals surface area contributed by atoms with Gasteiger partial charge in [-0.15, -0.1) is 11.8 Å². The van der Waals surface area contributed by atoms with Crippen LogP contribution in [0.15, 0.2) is 65.6 Å². The smallest absolute Gasteiger partial charge is 0.230 e. The maximum Gasteiger partial charge on any atom is 0.230 e. The molecule has 0 spiro atoms. The number of carbonyl (C=O) groups excluding carboxylic acids is 1. The van der Waals surface area contributed by atoms with Crippen molar-refractivity contribution in [3.63, 3.8) is 0 Å². The van der Waals surface area contributed by atoms with Crippen molar-refractivity contribution in [1.29, 1.82) is 0 Å². The second kappa shape index (κ2) is 9.61. The van der Waals surface area contributed by atoms with Crippen LogP contribution in [0.1, 0.15) is 11.6 Å². The first-order valence-corrected chi connectivity index (χ1v) is 9.62. The zero-order chi connectivity index (χ0) is 17.3. The van der Waals surface area contributed by atoms with Crippen molar-refractivity contribution in [2.75, 3.05) is 38.6 Å². The molecule has 0 aromatic heterocycles. The largest absolute Gasteiger partial charge is 0.379 e. The first-order valence-electron chi connectivity index (χ1n) is 8.63. The van der Waals surface area contributed by atoms with E-state index in [0.717, 1.165) is 43.3 Å². The monoisotopic (exact) mass is 356 g/mol. The summed E-state index contributed by atoms with van der Waals surface area (Å²) in [6.45, 7) is 4.17. The number of amides is 1. The zero-order valence-electron chi connectivity index (χ0n) is 14.3. The molecule has 1 saturated heterocycles. The minimum atomic E-state index is 0.00294. The predicted molar refractivity (Wildman–Crippen MR) is 102 cm³/mol. The number of benzene rings is 2. The molecule has 25 heavy (non-hydrogen) atoms. The Balaban J connectivity index is 1.59. The van der Waals surface area contributed by atoms with Gasteiger partial charge in [0, 0.05) is 24.5 Å².